The van der Waals surface area contributed by atoms with E-state index < -0.39 is 0 Å². The highest BCUT2D eigenvalue weighted by atomic mass is 14.3. The number of hydrogen-bond acceptors (Lipinski definition) is 0. The molecule has 19 heavy (non-hydrogen) atoms. The fourth-order valence-corrected chi connectivity index (χ4v) is 3.61. The lowest BCUT2D eigenvalue weighted by atomic mass is 9.76. The summed E-state index contributed by atoms with van der Waals surface area (Å²) in [5, 5.41) is 0. The summed E-state index contributed by atoms with van der Waals surface area (Å²) in [5.41, 5.74) is 0. The molecule has 2 fully saturated rings. The molecular formula is C19H38. The lowest BCUT2D eigenvalue weighted by molar-refractivity contribution is 0.219. The molecule has 0 heteroatoms. The molecule has 0 bridgehead atoms. The Morgan fingerprint density at radius 1 is 0.684 bits per heavy atom. The molecule has 114 valence electrons. The summed E-state index contributed by atoms with van der Waals surface area (Å²) in [6, 6.07) is 0. The van der Waals surface area contributed by atoms with Crippen LogP contribution in [0.15, 0.2) is 0 Å². The lowest BCUT2D eigenvalue weighted by Gasteiger charge is -2.30. The summed E-state index contributed by atoms with van der Waals surface area (Å²) in [5.74, 6) is 5.08. The van der Waals surface area contributed by atoms with E-state index in [4.69, 9.17) is 0 Å². The van der Waals surface area contributed by atoms with Gasteiger partial charge in [0.15, 0.2) is 0 Å². The smallest absolute Gasteiger partial charge is 0.0388 e. The largest absolute Gasteiger partial charge is 0.0651 e. The van der Waals surface area contributed by atoms with Crippen LogP contribution in [0.5, 0.6) is 0 Å². The van der Waals surface area contributed by atoms with Crippen LogP contribution in [0.3, 0.4) is 0 Å². The minimum atomic E-state index is 0.975. The van der Waals surface area contributed by atoms with Gasteiger partial charge in [-0.15, -0.1) is 0 Å². The minimum absolute atomic E-state index is 0.975. The van der Waals surface area contributed by atoms with Crippen LogP contribution in [-0.4, -0.2) is 0 Å². The molecule has 1 unspecified atom stereocenters. The number of hydrogen-bond donors (Lipinski definition) is 0. The molecular weight excluding hydrogens is 228 g/mol. The molecule has 0 heterocycles. The van der Waals surface area contributed by atoms with Crippen LogP contribution in [0.4, 0.5) is 0 Å². The van der Waals surface area contributed by atoms with Gasteiger partial charge in [-0.1, -0.05) is 79.6 Å². The number of rotatable bonds is 2. The Hall–Kier alpha value is 0. The Morgan fingerprint density at radius 3 is 1.32 bits per heavy atom. The Bertz CT molecular complexity index is 194. The van der Waals surface area contributed by atoms with Crippen LogP contribution >= 0.6 is 0 Å². The van der Waals surface area contributed by atoms with Crippen LogP contribution in [0.2, 0.25) is 0 Å². The van der Waals surface area contributed by atoms with Crippen molar-refractivity contribution in [2.24, 2.45) is 29.6 Å². The van der Waals surface area contributed by atoms with Gasteiger partial charge in [-0.3, -0.25) is 0 Å². The predicted octanol–water partition coefficient (Wildman–Crippen LogP) is 6.69. The first-order valence-electron chi connectivity index (χ1n) is 9.02. The third kappa shape index (κ3) is 6.82. The molecule has 0 aromatic carbocycles. The van der Waals surface area contributed by atoms with Crippen LogP contribution in [0, 0.1) is 29.6 Å². The van der Waals surface area contributed by atoms with E-state index in [1.807, 2.05) is 0 Å². The first kappa shape index (κ1) is 17.1. The van der Waals surface area contributed by atoms with Gasteiger partial charge in [-0.25, -0.2) is 0 Å². The van der Waals surface area contributed by atoms with Gasteiger partial charge in [0.1, 0.15) is 0 Å². The zero-order chi connectivity index (χ0) is 14.3. The SMILES string of the molecule is CC1CCC(C)CC1.CCC(C)C1CCC(C)CC1. The second kappa shape index (κ2) is 9.03. The fraction of sp³-hybridized carbons (Fsp3) is 1.00. The van der Waals surface area contributed by atoms with Crippen molar-refractivity contribution in [3.05, 3.63) is 0 Å². The van der Waals surface area contributed by atoms with Crippen molar-refractivity contribution in [2.45, 2.75) is 92.4 Å². The third-order valence-electron chi connectivity index (χ3n) is 5.81. The molecule has 0 saturated heterocycles. The summed E-state index contributed by atoms with van der Waals surface area (Å²) in [7, 11) is 0. The molecule has 2 rings (SSSR count). The van der Waals surface area contributed by atoms with Gasteiger partial charge < -0.3 is 0 Å². The van der Waals surface area contributed by atoms with Crippen LogP contribution in [0.25, 0.3) is 0 Å². The molecule has 0 aromatic rings. The monoisotopic (exact) mass is 266 g/mol. The van der Waals surface area contributed by atoms with Gasteiger partial charge in [0.05, 0.1) is 0 Å². The third-order valence-corrected chi connectivity index (χ3v) is 5.81. The van der Waals surface area contributed by atoms with Crippen molar-refractivity contribution < 1.29 is 0 Å². The van der Waals surface area contributed by atoms with Crippen LogP contribution < -0.4 is 0 Å². The Kier molecular flexibility index (Phi) is 8.11. The van der Waals surface area contributed by atoms with Gasteiger partial charge in [0.2, 0.25) is 0 Å². The first-order valence-corrected chi connectivity index (χ1v) is 9.02. The average Bonchev–Trinajstić information content (AvgIpc) is 2.43. The van der Waals surface area contributed by atoms with Gasteiger partial charge in [0, 0.05) is 0 Å². The van der Waals surface area contributed by atoms with E-state index in [2.05, 4.69) is 34.6 Å². The lowest BCUT2D eigenvalue weighted by Crippen LogP contribution is -2.18. The molecule has 0 aromatic heterocycles. The molecule has 0 aliphatic heterocycles. The van der Waals surface area contributed by atoms with Crippen LogP contribution in [-0.2, 0) is 0 Å². The van der Waals surface area contributed by atoms with E-state index >= 15 is 0 Å². The van der Waals surface area contributed by atoms with E-state index in [9.17, 15) is 0 Å². The Labute approximate surface area is 122 Å². The summed E-state index contributed by atoms with van der Waals surface area (Å²) in [6.45, 7) is 11.9. The highest BCUT2D eigenvalue weighted by Crippen LogP contribution is 2.34. The van der Waals surface area contributed by atoms with E-state index in [1.165, 1.54) is 57.8 Å². The van der Waals surface area contributed by atoms with Gasteiger partial charge in [-0.05, 0) is 42.4 Å². The van der Waals surface area contributed by atoms with E-state index in [-0.39, 0.29) is 0 Å². The molecule has 0 N–H and O–H groups in total. The first-order chi connectivity index (χ1) is 9.02. The van der Waals surface area contributed by atoms with Crippen molar-refractivity contribution in [3.63, 3.8) is 0 Å². The second-order valence-electron chi connectivity index (χ2n) is 7.77. The predicted molar refractivity (Wildman–Crippen MR) is 87.4 cm³/mol. The molecule has 0 spiro atoms. The van der Waals surface area contributed by atoms with E-state index in [0.29, 0.717) is 0 Å². The van der Waals surface area contributed by atoms with Gasteiger partial charge in [0.25, 0.3) is 0 Å². The van der Waals surface area contributed by atoms with Crippen LogP contribution in [0.1, 0.15) is 92.4 Å². The fourth-order valence-electron chi connectivity index (χ4n) is 3.61. The molecule has 1 atom stereocenters. The van der Waals surface area contributed by atoms with Gasteiger partial charge in [-0.2, -0.15) is 0 Å². The van der Waals surface area contributed by atoms with Crippen molar-refractivity contribution >= 4 is 0 Å². The zero-order valence-corrected chi connectivity index (χ0v) is 14.3. The quantitative estimate of drug-likeness (QED) is 0.522. The molecule has 0 amide bonds. The molecule has 2 aliphatic rings. The average molecular weight is 267 g/mol. The Morgan fingerprint density at radius 2 is 1.00 bits per heavy atom. The Balaban J connectivity index is 0.000000200. The standard InChI is InChI=1S/C11H22.C8H16/c1-4-10(3)11-7-5-9(2)6-8-11;1-7-3-5-8(2)6-4-7/h9-11H,4-8H2,1-3H3;7-8H,3-6H2,1-2H3. The molecule has 2 aliphatic carbocycles. The van der Waals surface area contributed by atoms with Crippen molar-refractivity contribution in [2.75, 3.05) is 0 Å². The summed E-state index contributed by atoms with van der Waals surface area (Å²) in [6.07, 6.45) is 13.2. The zero-order valence-electron chi connectivity index (χ0n) is 14.3. The highest BCUT2D eigenvalue weighted by Gasteiger charge is 2.21. The van der Waals surface area contributed by atoms with E-state index in [0.717, 1.165) is 29.6 Å². The van der Waals surface area contributed by atoms with Crippen molar-refractivity contribution in [1.82, 2.24) is 0 Å². The molecule has 0 radical (unpaired) electrons. The normalized spacial score (nSPS) is 37.1. The topological polar surface area (TPSA) is 0 Å². The van der Waals surface area contributed by atoms with E-state index in [1.54, 1.807) is 0 Å². The highest BCUT2D eigenvalue weighted by molar-refractivity contribution is 4.73. The van der Waals surface area contributed by atoms with Gasteiger partial charge >= 0.3 is 0 Å². The summed E-state index contributed by atoms with van der Waals surface area (Å²) < 4.78 is 0. The minimum Gasteiger partial charge on any atom is -0.0651 e. The maximum atomic E-state index is 2.42. The maximum absolute atomic E-state index is 2.42. The molecule has 2 saturated carbocycles. The maximum Gasteiger partial charge on any atom is -0.0388 e. The van der Waals surface area contributed by atoms with Crippen molar-refractivity contribution in [1.29, 1.82) is 0 Å². The summed E-state index contributed by atoms with van der Waals surface area (Å²) in [4.78, 5) is 0. The molecule has 0 nitrogen and oxygen atoms in total. The second-order valence-corrected chi connectivity index (χ2v) is 7.77. The van der Waals surface area contributed by atoms with Crippen molar-refractivity contribution in [3.8, 4) is 0 Å². The summed E-state index contributed by atoms with van der Waals surface area (Å²) >= 11 is 0.